The standard InChI is InChI=1S/C24H25N3O5S/c1-27(21-8-3-4-9-22(21)32-2)33(30,31)20-12-10-18(11-13-20)24(29)26-15-14-17-6-5-7-19(16-17)23(25)28/h3-13,16H,14-15H2,1-2H3,(H2,25,28)(H,26,29). The molecule has 0 spiro atoms. The van der Waals surface area contributed by atoms with Gasteiger partial charge in [0, 0.05) is 24.7 Å². The maximum absolute atomic E-state index is 13.0. The molecule has 3 aromatic rings. The van der Waals surface area contributed by atoms with Crippen LogP contribution in [0.4, 0.5) is 5.69 Å². The van der Waals surface area contributed by atoms with Crippen molar-refractivity contribution in [3.8, 4) is 5.75 Å². The van der Waals surface area contributed by atoms with Crippen molar-refractivity contribution in [2.24, 2.45) is 5.73 Å². The van der Waals surface area contributed by atoms with Crippen LogP contribution < -0.4 is 20.1 Å². The average molecular weight is 468 g/mol. The Morgan fingerprint density at radius 3 is 2.33 bits per heavy atom. The number of para-hydroxylation sites is 2. The number of rotatable bonds is 9. The summed E-state index contributed by atoms with van der Waals surface area (Å²) in [4.78, 5) is 23.8. The molecule has 3 N–H and O–H groups in total. The Hall–Kier alpha value is -3.85. The number of carbonyl (C=O) groups is 2. The molecule has 0 heterocycles. The second-order valence-corrected chi connectivity index (χ2v) is 9.21. The number of methoxy groups -OCH3 is 1. The number of hydrogen-bond acceptors (Lipinski definition) is 5. The summed E-state index contributed by atoms with van der Waals surface area (Å²) in [6.45, 7) is 0.345. The van der Waals surface area contributed by atoms with Crippen molar-refractivity contribution in [3.05, 3.63) is 89.5 Å². The number of anilines is 1. The van der Waals surface area contributed by atoms with Crippen LogP contribution in [0, 0.1) is 0 Å². The third-order valence-electron chi connectivity index (χ3n) is 5.11. The van der Waals surface area contributed by atoms with Gasteiger partial charge in [0.15, 0.2) is 0 Å². The number of amides is 2. The monoisotopic (exact) mass is 467 g/mol. The Morgan fingerprint density at radius 1 is 0.970 bits per heavy atom. The molecular formula is C24H25N3O5S. The van der Waals surface area contributed by atoms with Crippen LogP contribution >= 0.6 is 0 Å². The Bertz CT molecular complexity index is 1260. The Labute approximate surface area is 193 Å². The van der Waals surface area contributed by atoms with E-state index in [1.165, 1.54) is 38.4 Å². The number of nitrogens with two attached hydrogens (primary N) is 1. The highest BCUT2D eigenvalue weighted by molar-refractivity contribution is 7.92. The van der Waals surface area contributed by atoms with E-state index in [4.69, 9.17) is 10.5 Å². The molecule has 0 saturated carbocycles. The lowest BCUT2D eigenvalue weighted by Gasteiger charge is -2.21. The first-order valence-electron chi connectivity index (χ1n) is 10.1. The number of benzene rings is 3. The molecule has 0 bridgehead atoms. The summed E-state index contributed by atoms with van der Waals surface area (Å²) in [5.74, 6) is -0.406. The molecule has 0 fully saturated rings. The summed E-state index contributed by atoms with van der Waals surface area (Å²) in [5.41, 5.74) is 7.30. The summed E-state index contributed by atoms with van der Waals surface area (Å²) >= 11 is 0. The Morgan fingerprint density at radius 2 is 1.67 bits per heavy atom. The van der Waals surface area contributed by atoms with Gasteiger partial charge in [0.1, 0.15) is 5.75 Å². The maximum Gasteiger partial charge on any atom is 0.264 e. The maximum atomic E-state index is 13.0. The second-order valence-electron chi connectivity index (χ2n) is 7.24. The number of ether oxygens (including phenoxy) is 1. The lowest BCUT2D eigenvalue weighted by atomic mass is 10.1. The molecule has 8 nitrogen and oxygen atoms in total. The van der Waals surface area contributed by atoms with E-state index in [1.807, 2.05) is 6.07 Å². The zero-order chi connectivity index (χ0) is 24.0. The molecule has 0 saturated heterocycles. The Balaban J connectivity index is 1.66. The topological polar surface area (TPSA) is 119 Å². The zero-order valence-electron chi connectivity index (χ0n) is 18.3. The van der Waals surface area contributed by atoms with Crippen molar-refractivity contribution in [3.63, 3.8) is 0 Å². The van der Waals surface area contributed by atoms with Crippen LogP contribution in [0.3, 0.4) is 0 Å². The van der Waals surface area contributed by atoms with E-state index in [0.29, 0.717) is 35.5 Å². The molecule has 9 heteroatoms. The van der Waals surface area contributed by atoms with E-state index in [1.54, 1.807) is 42.5 Å². The minimum atomic E-state index is -3.85. The fourth-order valence-corrected chi connectivity index (χ4v) is 4.46. The SMILES string of the molecule is COc1ccccc1N(C)S(=O)(=O)c1ccc(C(=O)NCCc2cccc(C(N)=O)c2)cc1. The fourth-order valence-electron chi connectivity index (χ4n) is 3.26. The normalized spacial score (nSPS) is 11.0. The van der Waals surface area contributed by atoms with E-state index in [2.05, 4.69) is 5.32 Å². The molecule has 0 aliphatic rings. The van der Waals surface area contributed by atoms with Gasteiger partial charge < -0.3 is 15.8 Å². The first-order chi connectivity index (χ1) is 15.7. The largest absolute Gasteiger partial charge is 0.495 e. The predicted molar refractivity (Wildman–Crippen MR) is 126 cm³/mol. The van der Waals surface area contributed by atoms with Crippen LogP contribution in [-0.2, 0) is 16.4 Å². The molecule has 0 aromatic heterocycles. The van der Waals surface area contributed by atoms with E-state index in [9.17, 15) is 18.0 Å². The van der Waals surface area contributed by atoms with E-state index in [-0.39, 0.29) is 10.8 Å². The van der Waals surface area contributed by atoms with Gasteiger partial charge in [0.05, 0.1) is 17.7 Å². The van der Waals surface area contributed by atoms with Crippen molar-refractivity contribution in [1.29, 1.82) is 0 Å². The van der Waals surface area contributed by atoms with Crippen molar-refractivity contribution in [2.75, 3.05) is 25.0 Å². The number of carbonyl (C=O) groups excluding carboxylic acids is 2. The van der Waals surface area contributed by atoms with Crippen LogP contribution in [0.15, 0.2) is 77.7 Å². The van der Waals surface area contributed by atoms with Gasteiger partial charge in [0.2, 0.25) is 5.91 Å². The van der Waals surface area contributed by atoms with Gasteiger partial charge in [-0.25, -0.2) is 8.42 Å². The van der Waals surface area contributed by atoms with E-state index < -0.39 is 15.9 Å². The third kappa shape index (κ3) is 5.50. The van der Waals surface area contributed by atoms with Gasteiger partial charge in [-0.15, -0.1) is 0 Å². The number of primary amides is 1. The molecule has 0 aliphatic heterocycles. The van der Waals surface area contributed by atoms with Crippen LogP contribution in [0.2, 0.25) is 0 Å². The molecule has 0 unspecified atom stereocenters. The van der Waals surface area contributed by atoms with Gasteiger partial charge in [-0.2, -0.15) is 0 Å². The molecular weight excluding hydrogens is 442 g/mol. The molecule has 2 amide bonds. The van der Waals surface area contributed by atoms with Gasteiger partial charge in [-0.1, -0.05) is 24.3 Å². The van der Waals surface area contributed by atoms with Gasteiger partial charge in [-0.3, -0.25) is 13.9 Å². The van der Waals surface area contributed by atoms with E-state index in [0.717, 1.165) is 9.87 Å². The summed E-state index contributed by atoms with van der Waals surface area (Å²) in [7, 11) is -0.928. The van der Waals surface area contributed by atoms with Gasteiger partial charge in [0.25, 0.3) is 15.9 Å². The average Bonchev–Trinajstić information content (AvgIpc) is 2.83. The summed E-state index contributed by atoms with van der Waals surface area (Å²) in [6.07, 6.45) is 0.517. The van der Waals surface area contributed by atoms with Gasteiger partial charge >= 0.3 is 0 Å². The molecule has 0 radical (unpaired) electrons. The minimum Gasteiger partial charge on any atom is -0.495 e. The first-order valence-corrected chi connectivity index (χ1v) is 11.6. The van der Waals surface area contributed by atoms with Crippen LogP contribution in [-0.4, -0.2) is 40.9 Å². The van der Waals surface area contributed by atoms with E-state index >= 15 is 0 Å². The second kappa shape index (κ2) is 10.2. The van der Waals surface area contributed by atoms with Crippen LogP contribution in [0.1, 0.15) is 26.3 Å². The molecule has 3 aromatic carbocycles. The van der Waals surface area contributed by atoms with Crippen molar-refractivity contribution in [2.45, 2.75) is 11.3 Å². The first kappa shape index (κ1) is 23.8. The number of hydrogen-bond donors (Lipinski definition) is 2. The smallest absolute Gasteiger partial charge is 0.264 e. The fraction of sp³-hybridized carbons (Fsp3) is 0.167. The number of nitrogens with one attached hydrogen (secondary N) is 1. The minimum absolute atomic E-state index is 0.0516. The summed E-state index contributed by atoms with van der Waals surface area (Å²) < 4.78 is 32.4. The Kier molecular flexibility index (Phi) is 7.34. The van der Waals surface area contributed by atoms with Crippen molar-refractivity contribution in [1.82, 2.24) is 5.32 Å². The molecule has 0 atom stereocenters. The van der Waals surface area contributed by atoms with Crippen LogP contribution in [0.25, 0.3) is 0 Å². The molecule has 0 aliphatic carbocycles. The lowest BCUT2D eigenvalue weighted by molar-refractivity contribution is 0.0952. The van der Waals surface area contributed by atoms with Crippen LogP contribution in [0.5, 0.6) is 5.75 Å². The molecule has 172 valence electrons. The summed E-state index contributed by atoms with van der Waals surface area (Å²) in [5, 5.41) is 2.79. The molecule has 3 rings (SSSR count). The van der Waals surface area contributed by atoms with Crippen molar-refractivity contribution < 1.29 is 22.7 Å². The van der Waals surface area contributed by atoms with Gasteiger partial charge in [-0.05, 0) is 60.5 Å². The summed E-state index contributed by atoms with van der Waals surface area (Å²) in [6, 6.07) is 19.4. The van der Waals surface area contributed by atoms with Crippen molar-refractivity contribution >= 4 is 27.5 Å². The quantitative estimate of drug-likeness (QED) is 0.501. The third-order valence-corrected chi connectivity index (χ3v) is 6.90. The highest BCUT2D eigenvalue weighted by Gasteiger charge is 2.23. The lowest BCUT2D eigenvalue weighted by Crippen LogP contribution is -2.28. The number of nitrogens with zero attached hydrogens (tertiary/aromatic N) is 1. The predicted octanol–water partition coefficient (Wildman–Crippen LogP) is 2.59. The highest BCUT2D eigenvalue weighted by atomic mass is 32.2. The zero-order valence-corrected chi connectivity index (χ0v) is 19.1. The number of sulfonamides is 1. The molecule has 33 heavy (non-hydrogen) atoms. The highest BCUT2D eigenvalue weighted by Crippen LogP contribution is 2.30.